The number of nitrogens with zero attached hydrogens (tertiary/aromatic N) is 1. The summed E-state index contributed by atoms with van der Waals surface area (Å²) >= 11 is 0. The molecule has 0 atom stereocenters. The number of anilines is 3. The van der Waals surface area contributed by atoms with Gasteiger partial charge in [-0.3, -0.25) is 0 Å². The fourth-order valence-corrected chi connectivity index (χ4v) is 9.52. The Balaban J connectivity index is 1.20. The third-order valence-electron chi connectivity index (χ3n) is 11.7. The molecule has 1 nitrogen and oxygen atoms in total. The Morgan fingerprint density at radius 3 is 1.66 bits per heavy atom. The molecule has 0 fully saturated rings. The topological polar surface area (TPSA) is 3.24 Å². The maximum absolute atomic E-state index is 2.48. The molecule has 0 bridgehead atoms. The van der Waals surface area contributed by atoms with E-state index in [4.69, 9.17) is 0 Å². The van der Waals surface area contributed by atoms with Gasteiger partial charge in [0.2, 0.25) is 0 Å². The summed E-state index contributed by atoms with van der Waals surface area (Å²) < 4.78 is 0. The highest BCUT2D eigenvalue weighted by atomic mass is 15.1. The molecule has 0 aliphatic heterocycles. The normalized spacial score (nSPS) is 13.2. The van der Waals surface area contributed by atoms with Gasteiger partial charge in [0.15, 0.2) is 0 Å². The Labute approximate surface area is 310 Å². The molecule has 2 aliphatic carbocycles. The predicted molar refractivity (Wildman–Crippen MR) is 223 cm³/mol. The minimum Gasteiger partial charge on any atom is -0.310 e. The first-order chi connectivity index (χ1) is 26.2. The van der Waals surface area contributed by atoms with Crippen molar-refractivity contribution in [3.63, 3.8) is 0 Å². The van der Waals surface area contributed by atoms with Crippen LogP contribution in [0.5, 0.6) is 0 Å². The van der Waals surface area contributed by atoms with Crippen LogP contribution in [0.25, 0.3) is 54.9 Å². The number of rotatable bonds is 4. The molecule has 11 rings (SSSR count). The van der Waals surface area contributed by atoms with Gasteiger partial charge in [-0.1, -0.05) is 158 Å². The van der Waals surface area contributed by atoms with E-state index in [-0.39, 0.29) is 5.41 Å². The lowest BCUT2D eigenvalue weighted by molar-refractivity contribution is 0.794. The van der Waals surface area contributed by atoms with Gasteiger partial charge in [-0.25, -0.2) is 0 Å². The van der Waals surface area contributed by atoms with E-state index >= 15 is 0 Å². The summed E-state index contributed by atoms with van der Waals surface area (Å²) in [6.07, 6.45) is 0. The van der Waals surface area contributed by atoms with Crippen molar-refractivity contribution in [2.24, 2.45) is 0 Å². The van der Waals surface area contributed by atoms with E-state index in [2.05, 4.69) is 206 Å². The number of hydrogen-bond donors (Lipinski definition) is 0. The van der Waals surface area contributed by atoms with Gasteiger partial charge in [-0.05, 0) is 121 Å². The van der Waals surface area contributed by atoms with Gasteiger partial charge >= 0.3 is 0 Å². The van der Waals surface area contributed by atoms with Gasteiger partial charge in [0.05, 0.1) is 11.1 Å². The van der Waals surface area contributed by atoms with Gasteiger partial charge in [0, 0.05) is 16.9 Å². The Hall–Kier alpha value is -6.70. The van der Waals surface area contributed by atoms with Gasteiger partial charge in [-0.2, -0.15) is 0 Å². The molecule has 0 unspecified atom stereocenters. The summed E-state index contributed by atoms with van der Waals surface area (Å²) in [5.41, 5.74) is 17.4. The summed E-state index contributed by atoms with van der Waals surface area (Å²) in [4.78, 5) is 2.48. The SMILES string of the molecule is Cc1cccc(N(c2ccc3c(c2)-c2ccccc2C32c3ccccc3-c3ccccc32)c2ccc3ccccc3c2-c2ccc3ccccc3c2)c1. The van der Waals surface area contributed by atoms with Crippen LogP contribution in [-0.2, 0) is 5.41 Å². The van der Waals surface area contributed by atoms with Crippen molar-refractivity contribution in [1.29, 1.82) is 0 Å². The first kappa shape index (κ1) is 30.0. The van der Waals surface area contributed by atoms with Gasteiger partial charge in [0.1, 0.15) is 0 Å². The highest BCUT2D eigenvalue weighted by Crippen LogP contribution is 2.63. The first-order valence-corrected chi connectivity index (χ1v) is 18.5. The zero-order valence-corrected chi connectivity index (χ0v) is 29.4. The quantitative estimate of drug-likeness (QED) is 0.180. The lowest BCUT2D eigenvalue weighted by Crippen LogP contribution is -2.25. The standard InChI is InChI=1S/C52H35N/c1-34-13-12-17-39(31-34)53(50-30-27-36-15-4-5-18-41(36)51(50)38-26-25-35-14-2-3-16-37(35)32-38)40-28-29-49-45(33-40)44-21-8-11-24-48(44)52(49)46-22-9-6-19-42(46)43-20-7-10-23-47(43)52/h2-33H,1H3. The molecule has 0 amide bonds. The summed E-state index contributed by atoms with van der Waals surface area (Å²) in [5, 5.41) is 4.95. The van der Waals surface area contributed by atoms with Crippen LogP contribution < -0.4 is 4.90 Å². The van der Waals surface area contributed by atoms with Crippen molar-refractivity contribution in [3.05, 3.63) is 222 Å². The monoisotopic (exact) mass is 673 g/mol. The second-order valence-electron chi connectivity index (χ2n) is 14.5. The maximum atomic E-state index is 2.48. The molecule has 248 valence electrons. The van der Waals surface area contributed by atoms with Gasteiger partial charge in [0.25, 0.3) is 0 Å². The molecular formula is C52H35N. The zero-order chi connectivity index (χ0) is 35.1. The molecule has 0 N–H and O–H groups in total. The molecule has 9 aromatic rings. The smallest absolute Gasteiger partial charge is 0.0725 e. The molecular weight excluding hydrogens is 639 g/mol. The van der Waals surface area contributed by atoms with E-state index in [9.17, 15) is 0 Å². The van der Waals surface area contributed by atoms with E-state index in [1.54, 1.807) is 0 Å². The molecule has 0 radical (unpaired) electrons. The summed E-state index contributed by atoms with van der Waals surface area (Å²) in [6.45, 7) is 2.18. The molecule has 0 saturated heterocycles. The van der Waals surface area contributed by atoms with Crippen molar-refractivity contribution in [3.8, 4) is 33.4 Å². The second kappa shape index (κ2) is 11.4. The molecule has 1 heteroatoms. The van der Waals surface area contributed by atoms with E-state index in [1.807, 2.05) is 0 Å². The largest absolute Gasteiger partial charge is 0.310 e. The molecule has 0 aromatic heterocycles. The third kappa shape index (κ3) is 4.25. The summed E-state index contributed by atoms with van der Waals surface area (Å²) in [5.74, 6) is 0. The minimum absolute atomic E-state index is 0.370. The van der Waals surface area contributed by atoms with Crippen LogP contribution in [0.2, 0.25) is 0 Å². The first-order valence-electron chi connectivity index (χ1n) is 18.5. The third-order valence-corrected chi connectivity index (χ3v) is 11.7. The zero-order valence-electron chi connectivity index (χ0n) is 29.4. The lowest BCUT2D eigenvalue weighted by Gasteiger charge is -2.32. The Morgan fingerprint density at radius 1 is 0.377 bits per heavy atom. The average Bonchev–Trinajstić information content (AvgIpc) is 3.68. The van der Waals surface area contributed by atoms with Crippen molar-refractivity contribution in [1.82, 2.24) is 0 Å². The van der Waals surface area contributed by atoms with Crippen molar-refractivity contribution < 1.29 is 0 Å². The van der Waals surface area contributed by atoms with Crippen molar-refractivity contribution >= 4 is 38.6 Å². The van der Waals surface area contributed by atoms with Crippen LogP contribution in [0, 0.1) is 6.92 Å². The molecule has 9 aromatic carbocycles. The molecule has 1 spiro atoms. The Bertz CT molecular complexity index is 2890. The Morgan fingerprint density at radius 2 is 0.943 bits per heavy atom. The molecule has 0 saturated carbocycles. The van der Waals surface area contributed by atoms with Crippen molar-refractivity contribution in [2.45, 2.75) is 12.3 Å². The minimum atomic E-state index is -0.370. The fourth-order valence-electron chi connectivity index (χ4n) is 9.52. The van der Waals surface area contributed by atoms with Gasteiger partial charge in [-0.15, -0.1) is 0 Å². The molecule has 53 heavy (non-hydrogen) atoms. The van der Waals surface area contributed by atoms with Crippen LogP contribution in [-0.4, -0.2) is 0 Å². The number of hydrogen-bond acceptors (Lipinski definition) is 1. The highest BCUT2D eigenvalue weighted by Gasteiger charge is 2.51. The molecule has 2 aliphatic rings. The summed E-state index contributed by atoms with van der Waals surface area (Å²) in [6, 6.07) is 72.2. The maximum Gasteiger partial charge on any atom is 0.0725 e. The van der Waals surface area contributed by atoms with E-state index < -0.39 is 0 Å². The van der Waals surface area contributed by atoms with E-state index in [0.29, 0.717) is 0 Å². The van der Waals surface area contributed by atoms with E-state index in [0.717, 1.165) is 17.1 Å². The Kier molecular flexibility index (Phi) is 6.45. The predicted octanol–water partition coefficient (Wildman–Crippen LogP) is 13.8. The highest BCUT2D eigenvalue weighted by molar-refractivity contribution is 6.07. The average molecular weight is 674 g/mol. The number of aryl methyl sites for hydroxylation is 1. The van der Waals surface area contributed by atoms with Crippen LogP contribution in [0.15, 0.2) is 194 Å². The van der Waals surface area contributed by atoms with Crippen LogP contribution >= 0.6 is 0 Å². The van der Waals surface area contributed by atoms with Crippen molar-refractivity contribution in [2.75, 3.05) is 4.90 Å². The lowest BCUT2D eigenvalue weighted by atomic mass is 9.70. The number of fused-ring (bicyclic) bond motifs is 12. The van der Waals surface area contributed by atoms with Crippen LogP contribution in [0.1, 0.15) is 27.8 Å². The number of benzene rings is 9. The van der Waals surface area contributed by atoms with Crippen LogP contribution in [0.4, 0.5) is 17.1 Å². The van der Waals surface area contributed by atoms with Gasteiger partial charge < -0.3 is 4.90 Å². The van der Waals surface area contributed by atoms with E-state index in [1.165, 1.54) is 82.7 Å². The summed E-state index contributed by atoms with van der Waals surface area (Å²) in [7, 11) is 0. The fraction of sp³-hybridized carbons (Fsp3) is 0.0385. The van der Waals surface area contributed by atoms with Crippen LogP contribution in [0.3, 0.4) is 0 Å². The molecule has 0 heterocycles. The second-order valence-corrected chi connectivity index (χ2v) is 14.5.